The highest BCUT2D eigenvalue weighted by Gasteiger charge is 2.60. The summed E-state index contributed by atoms with van der Waals surface area (Å²) in [5.41, 5.74) is -0.686. The maximum atomic E-state index is 13.3. The fourth-order valence-corrected chi connectivity index (χ4v) is 2.04. The Balaban J connectivity index is 1.90. The fourth-order valence-electron chi connectivity index (χ4n) is 2.04. The molecule has 0 nitrogen and oxygen atoms in total. The summed E-state index contributed by atoms with van der Waals surface area (Å²) in [4.78, 5) is 0. The maximum absolute atomic E-state index is 13.3. The summed E-state index contributed by atoms with van der Waals surface area (Å²) in [5, 5.41) is 0. The van der Waals surface area contributed by atoms with Crippen LogP contribution in [0.15, 0.2) is 0 Å². The van der Waals surface area contributed by atoms with Crippen molar-refractivity contribution in [2.45, 2.75) is 38.8 Å². The number of rotatable bonds is 2. The zero-order chi connectivity index (χ0) is 7.35. The van der Waals surface area contributed by atoms with Crippen molar-refractivity contribution in [2.24, 2.45) is 17.8 Å². The van der Waals surface area contributed by atoms with E-state index < -0.39 is 5.67 Å². The van der Waals surface area contributed by atoms with Gasteiger partial charge in [0.15, 0.2) is 0 Å². The van der Waals surface area contributed by atoms with Crippen LogP contribution in [0, 0.1) is 17.8 Å². The topological polar surface area (TPSA) is 0 Å². The van der Waals surface area contributed by atoms with E-state index in [2.05, 4.69) is 13.8 Å². The molecular formula is C9H15F. The molecule has 1 heteroatoms. The van der Waals surface area contributed by atoms with Crippen LogP contribution in [0.3, 0.4) is 0 Å². The van der Waals surface area contributed by atoms with Gasteiger partial charge >= 0.3 is 0 Å². The number of hydrogen-bond acceptors (Lipinski definition) is 0. The molecule has 0 spiro atoms. The molecule has 0 aromatic rings. The van der Waals surface area contributed by atoms with Crippen molar-refractivity contribution in [3.05, 3.63) is 0 Å². The molecule has 2 fully saturated rings. The predicted molar refractivity (Wildman–Crippen MR) is 39.5 cm³/mol. The quantitative estimate of drug-likeness (QED) is 0.556. The minimum absolute atomic E-state index is 0.451. The summed E-state index contributed by atoms with van der Waals surface area (Å²) >= 11 is 0. The highest BCUT2D eigenvalue weighted by atomic mass is 19.1. The van der Waals surface area contributed by atoms with Crippen molar-refractivity contribution in [3.8, 4) is 0 Å². The van der Waals surface area contributed by atoms with Crippen molar-refractivity contribution in [1.29, 1.82) is 0 Å². The number of halogens is 1. The monoisotopic (exact) mass is 142 g/mol. The van der Waals surface area contributed by atoms with E-state index in [1.165, 1.54) is 0 Å². The first-order chi connectivity index (χ1) is 4.63. The van der Waals surface area contributed by atoms with Gasteiger partial charge in [-0.25, -0.2) is 4.39 Å². The second kappa shape index (κ2) is 1.75. The van der Waals surface area contributed by atoms with Crippen LogP contribution in [-0.4, -0.2) is 5.67 Å². The third-order valence-corrected chi connectivity index (χ3v) is 3.09. The molecule has 2 rings (SSSR count). The average Bonchev–Trinajstić information content (AvgIpc) is 2.54. The Morgan fingerprint density at radius 3 is 2.30 bits per heavy atom. The molecule has 0 bridgehead atoms. The lowest BCUT2D eigenvalue weighted by Gasteiger charge is -2.05. The molecule has 2 aliphatic carbocycles. The molecule has 2 atom stereocenters. The summed E-state index contributed by atoms with van der Waals surface area (Å²) < 4.78 is 13.3. The van der Waals surface area contributed by atoms with Gasteiger partial charge in [0.25, 0.3) is 0 Å². The summed E-state index contributed by atoms with van der Waals surface area (Å²) in [6.45, 7) is 4.41. The predicted octanol–water partition coefficient (Wildman–Crippen LogP) is 2.78. The Hall–Kier alpha value is -0.0700. The van der Waals surface area contributed by atoms with Crippen molar-refractivity contribution in [1.82, 2.24) is 0 Å². The van der Waals surface area contributed by atoms with Crippen molar-refractivity contribution >= 4 is 0 Å². The summed E-state index contributed by atoms with van der Waals surface area (Å²) in [7, 11) is 0. The Bertz CT molecular complexity index is 147. The smallest absolute Gasteiger partial charge is 0.114 e. The van der Waals surface area contributed by atoms with E-state index in [4.69, 9.17) is 0 Å². The van der Waals surface area contributed by atoms with Crippen molar-refractivity contribution in [2.75, 3.05) is 0 Å². The third-order valence-electron chi connectivity index (χ3n) is 3.09. The van der Waals surface area contributed by atoms with Gasteiger partial charge in [-0.1, -0.05) is 13.8 Å². The second-order valence-corrected chi connectivity index (χ2v) is 4.28. The van der Waals surface area contributed by atoms with Crippen LogP contribution in [0.1, 0.15) is 33.1 Å². The Labute approximate surface area is 61.8 Å². The third kappa shape index (κ3) is 0.869. The molecule has 0 aliphatic heterocycles. The molecule has 58 valence electrons. The normalized spacial score (nSPS) is 42.0. The van der Waals surface area contributed by atoms with Crippen LogP contribution in [0.4, 0.5) is 4.39 Å². The van der Waals surface area contributed by atoms with Gasteiger partial charge in [0.05, 0.1) is 0 Å². The first-order valence-electron chi connectivity index (χ1n) is 4.32. The lowest BCUT2D eigenvalue weighted by Crippen LogP contribution is -2.06. The van der Waals surface area contributed by atoms with Crippen molar-refractivity contribution < 1.29 is 4.39 Å². The Morgan fingerprint density at radius 1 is 1.40 bits per heavy atom. The molecular weight excluding hydrogens is 127 g/mol. The van der Waals surface area contributed by atoms with Crippen molar-refractivity contribution in [3.63, 3.8) is 0 Å². The number of hydrogen-bond donors (Lipinski definition) is 0. The van der Waals surface area contributed by atoms with E-state index in [1.54, 1.807) is 0 Å². The molecule has 0 heterocycles. The summed E-state index contributed by atoms with van der Waals surface area (Å²) in [6.07, 6.45) is 2.86. The molecule has 0 N–H and O–H groups in total. The van der Waals surface area contributed by atoms with Gasteiger partial charge in [0, 0.05) is 0 Å². The van der Waals surface area contributed by atoms with E-state index in [1.807, 2.05) is 0 Å². The molecule has 0 saturated heterocycles. The van der Waals surface area contributed by atoms with Gasteiger partial charge in [-0.15, -0.1) is 0 Å². The largest absolute Gasteiger partial charge is 0.244 e. The van der Waals surface area contributed by atoms with Crippen LogP contribution in [-0.2, 0) is 0 Å². The first-order valence-corrected chi connectivity index (χ1v) is 4.32. The molecule has 2 unspecified atom stereocenters. The Kier molecular flexibility index (Phi) is 1.16. The van der Waals surface area contributed by atoms with E-state index in [0.29, 0.717) is 17.8 Å². The van der Waals surface area contributed by atoms with Gasteiger partial charge < -0.3 is 0 Å². The van der Waals surface area contributed by atoms with Gasteiger partial charge in [0.2, 0.25) is 0 Å². The number of alkyl halides is 1. The molecule has 0 radical (unpaired) electrons. The van der Waals surface area contributed by atoms with Crippen LogP contribution in [0.5, 0.6) is 0 Å². The molecule has 0 aromatic carbocycles. The van der Waals surface area contributed by atoms with E-state index in [9.17, 15) is 4.39 Å². The highest BCUT2D eigenvalue weighted by molar-refractivity contribution is 5.10. The Morgan fingerprint density at radius 2 is 2.00 bits per heavy atom. The minimum atomic E-state index is -0.686. The van der Waals surface area contributed by atoms with Gasteiger partial charge in [-0.3, -0.25) is 0 Å². The van der Waals surface area contributed by atoms with Gasteiger partial charge in [0.1, 0.15) is 5.67 Å². The fraction of sp³-hybridized carbons (Fsp3) is 1.00. The standard InChI is InChI=1S/C9H15F/c1-6(2)7-5-8(7)9(10)3-4-9/h6-8H,3-5H2,1-2H3. The van der Waals surface area contributed by atoms with Gasteiger partial charge in [-0.2, -0.15) is 0 Å². The molecule has 0 aromatic heterocycles. The zero-order valence-electron chi connectivity index (χ0n) is 6.73. The lowest BCUT2D eigenvalue weighted by molar-refractivity contribution is 0.250. The first kappa shape index (κ1) is 6.63. The minimum Gasteiger partial charge on any atom is -0.244 e. The average molecular weight is 142 g/mol. The van der Waals surface area contributed by atoms with Crippen LogP contribution < -0.4 is 0 Å². The van der Waals surface area contributed by atoms with Gasteiger partial charge in [-0.05, 0) is 37.0 Å². The maximum Gasteiger partial charge on any atom is 0.114 e. The summed E-state index contributed by atoms with van der Waals surface area (Å²) in [6, 6.07) is 0. The van der Waals surface area contributed by atoms with E-state index in [0.717, 1.165) is 19.3 Å². The lowest BCUT2D eigenvalue weighted by atomic mass is 10.0. The second-order valence-electron chi connectivity index (χ2n) is 4.28. The molecule has 2 saturated carbocycles. The van der Waals surface area contributed by atoms with Crippen LogP contribution in [0.2, 0.25) is 0 Å². The van der Waals surface area contributed by atoms with Crippen LogP contribution >= 0.6 is 0 Å². The van der Waals surface area contributed by atoms with Crippen LogP contribution in [0.25, 0.3) is 0 Å². The highest BCUT2D eigenvalue weighted by Crippen LogP contribution is 2.61. The van der Waals surface area contributed by atoms with E-state index >= 15 is 0 Å². The SMILES string of the molecule is CC(C)C1CC1C1(F)CC1. The zero-order valence-corrected chi connectivity index (χ0v) is 6.73. The summed E-state index contributed by atoms with van der Waals surface area (Å²) in [5.74, 6) is 1.87. The molecule has 0 amide bonds. The van der Waals surface area contributed by atoms with E-state index in [-0.39, 0.29) is 0 Å². The molecule has 10 heavy (non-hydrogen) atoms. The molecule has 2 aliphatic rings.